The fourth-order valence-corrected chi connectivity index (χ4v) is 3.69. The van der Waals surface area contributed by atoms with Gasteiger partial charge in [0.25, 0.3) is 5.56 Å². The van der Waals surface area contributed by atoms with Crippen LogP contribution in [0.5, 0.6) is 11.5 Å². The third-order valence-electron chi connectivity index (χ3n) is 4.61. The average Bonchev–Trinajstić information content (AvgIpc) is 2.79. The zero-order valence-corrected chi connectivity index (χ0v) is 22.5. The molecule has 0 spiro atoms. The van der Waals surface area contributed by atoms with Crippen LogP contribution >= 0.6 is 23.2 Å². The molecule has 0 unspecified atom stereocenters. The van der Waals surface area contributed by atoms with Gasteiger partial charge in [-0.3, -0.25) is 9.78 Å². The third-order valence-corrected chi connectivity index (χ3v) is 5.17. The first-order valence-corrected chi connectivity index (χ1v) is 12.2. The number of rotatable bonds is 7. The summed E-state index contributed by atoms with van der Waals surface area (Å²) >= 11 is 12.9. The highest BCUT2D eigenvalue weighted by Gasteiger charge is 2.16. The van der Waals surface area contributed by atoms with E-state index in [0.717, 1.165) is 28.9 Å². The Morgan fingerprint density at radius 2 is 1.81 bits per heavy atom. The topological polar surface area (TPSA) is 141 Å². The van der Waals surface area contributed by atoms with E-state index in [1.807, 2.05) is 33.8 Å². The lowest BCUT2D eigenvalue weighted by Crippen LogP contribution is -2.32. The van der Waals surface area contributed by atoms with E-state index in [0.29, 0.717) is 11.4 Å². The number of allylic oxidation sites excluding steroid dienone is 1. The van der Waals surface area contributed by atoms with E-state index >= 15 is 0 Å². The Morgan fingerprint density at radius 1 is 1.19 bits per heavy atom. The van der Waals surface area contributed by atoms with Crippen LogP contribution in [-0.4, -0.2) is 27.4 Å². The molecule has 0 aliphatic heterocycles. The third kappa shape index (κ3) is 7.36. The number of nitrogen functional groups attached to an aromatic ring is 1. The highest BCUT2D eigenvalue weighted by molar-refractivity contribution is 6.37. The van der Waals surface area contributed by atoms with Crippen LogP contribution in [0.3, 0.4) is 0 Å². The number of ether oxygens (including phenoxy) is 1. The van der Waals surface area contributed by atoms with Gasteiger partial charge in [0.1, 0.15) is 11.4 Å². The van der Waals surface area contributed by atoms with Crippen molar-refractivity contribution >= 4 is 34.6 Å². The zero-order valence-electron chi connectivity index (χ0n) is 21.0. The molecule has 6 N–H and O–H groups in total. The molecule has 0 amide bonds. The molecule has 9 nitrogen and oxygen atoms in total. The van der Waals surface area contributed by atoms with Gasteiger partial charge < -0.3 is 21.5 Å². The maximum absolute atomic E-state index is 12.2. The van der Waals surface area contributed by atoms with Crippen LogP contribution in [0.25, 0.3) is 11.4 Å². The number of nitrogens with two attached hydrogens (primary N) is 2. The number of anilines is 1. The summed E-state index contributed by atoms with van der Waals surface area (Å²) in [5.74, 6) is 0.698. The minimum atomic E-state index is -0.706. The summed E-state index contributed by atoms with van der Waals surface area (Å²) in [6.45, 7) is 10.3. The molecule has 0 aliphatic rings. The molecular formula is C25H32Cl2N6O3. The van der Waals surface area contributed by atoms with E-state index in [1.165, 1.54) is 19.1 Å². The van der Waals surface area contributed by atoms with Crippen molar-refractivity contribution in [3.63, 3.8) is 0 Å². The Bertz CT molecular complexity index is 1330. The smallest absolute Gasteiger partial charge is 0.349 e. The summed E-state index contributed by atoms with van der Waals surface area (Å²) in [7, 11) is 0. The van der Waals surface area contributed by atoms with Crippen molar-refractivity contribution in [3.8, 4) is 17.2 Å². The largest absolute Gasteiger partial charge is 0.454 e. The van der Waals surface area contributed by atoms with Gasteiger partial charge in [-0.2, -0.15) is 9.78 Å². The molecule has 3 aromatic rings. The summed E-state index contributed by atoms with van der Waals surface area (Å²) in [6.07, 6.45) is 2.89. The number of nitrogens with zero attached hydrogens (tertiary/aromatic N) is 2. The van der Waals surface area contributed by atoms with Crippen molar-refractivity contribution in [1.29, 1.82) is 0 Å². The van der Waals surface area contributed by atoms with Crippen molar-refractivity contribution in [2.75, 3.05) is 12.3 Å². The minimum Gasteiger partial charge on any atom is -0.454 e. The van der Waals surface area contributed by atoms with Gasteiger partial charge in [-0.15, -0.1) is 0 Å². The first-order valence-electron chi connectivity index (χ1n) is 11.5. The molecule has 36 heavy (non-hydrogen) atoms. The number of aromatic amines is 1. The molecule has 11 heteroatoms. The number of nitrogens with one attached hydrogen (secondary N) is 2. The zero-order chi connectivity index (χ0) is 27.0. The monoisotopic (exact) mass is 534 g/mol. The van der Waals surface area contributed by atoms with Crippen molar-refractivity contribution < 1.29 is 4.74 Å². The molecule has 0 atom stereocenters. The van der Waals surface area contributed by atoms with Crippen LogP contribution in [0.15, 0.2) is 46.0 Å². The molecule has 3 rings (SSSR count). The van der Waals surface area contributed by atoms with Crippen LogP contribution in [-0.2, 0) is 0 Å². The summed E-state index contributed by atoms with van der Waals surface area (Å²) < 4.78 is 7.01. The molecule has 1 heterocycles. The van der Waals surface area contributed by atoms with Gasteiger partial charge in [0.05, 0.1) is 15.7 Å². The second-order valence-corrected chi connectivity index (χ2v) is 8.89. The van der Waals surface area contributed by atoms with Crippen molar-refractivity contribution in [2.45, 2.75) is 47.1 Å². The molecule has 194 valence electrons. The number of aryl methyl sites for hydroxylation is 1. The average molecular weight is 535 g/mol. The Kier molecular flexibility index (Phi) is 10.6. The normalized spacial score (nSPS) is 11.2. The molecular weight excluding hydrogens is 503 g/mol. The summed E-state index contributed by atoms with van der Waals surface area (Å²) in [6, 6.07) is 8.46. The van der Waals surface area contributed by atoms with Gasteiger partial charge in [0, 0.05) is 23.0 Å². The minimum absolute atomic E-state index is 0.127. The first-order chi connectivity index (χ1) is 17.0. The second kappa shape index (κ2) is 13.2. The van der Waals surface area contributed by atoms with Crippen molar-refractivity contribution in [3.05, 3.63) is 78.5 Å². The second-order valence-electron chi connectivity index (χ2n) is 8.08. The van der Waals surface area contributed by atoms with E-state index in [1.54, 1.807) is 12.1 Å². The van der Waals surface area contributed by atoms with E-state index < -0.39 is 11.2 Å². The predicted molar refractivity (Wildman–Crippen MR) is 147 cm³/mol. The molecule has 0 aliphatic carbocycles. The van der Waals surface area contributed by atoms with Crippen LogP contribution < -0.4 is 32.8 Å². The van der Waals surface area contributed by atoms with Crippen molar-refractivity contribution in [1.82, 2.24) is 20.1 Å². The van der Waals surface area contributed by atoms with Gasteiger partial charge >= 0.3 is 5.69 Å². The Morgan fingerprint density at radius 3 is 2.36 bits per heavy atom. The summed E-state index contributed by atoms with van der Waals surface area (Å²) in [5.41, 5.74) is 12.5. The van der Waals surface area contributed by atoms with Gasteiger partial charge in [0.15, 0.2) is 5.75 Å². The van der Waals surface area contributed by atoms with Crippen molar-refractivity contribution in [2.24, 2.45) is 5.73 Å². The van der Waals surface area contributed by atoms with E-state index in [2.05, 4.69) is 21.5 Å². The van der Waals surface area contributed by atoms with Crippen LogP contribution in [0, 0.1) is 6.92 Å². The molecule has 0 saturated heterocycles. The highest BCUT2D eigenvalue weighted by Crippen LogP contribution is 2.39. The molecule has 0 fully saturated rings. The molecule has 0 bridgehead atoms. The lowest BCUT2D eigenvalue weighted by atomic mass is 10.1. The van der Waals surface area contributed by atoms with E-state index in [-0.39, 0.29) is 33.2 Å². The van der Waals surface area contributed by atoms with E-state index in [4.69, 9.17) is 39.4 Å². The molecule has 0 radical (unpaired) electrons. The fraction of sp³-hybridized carbons (Fsp3) is 0.320. The quantitative estimate of drug-likeness (QED) is 0.324. The standard InChI is InChI=1S/C23H25Cl2N5O3.C2H7N/c1-5-6-20(27-12(2)3)16-11-15(7-8-19(16)26)33-21-17(24)9-14(10-18(21)25)30-23(32)28-22(31)13(4)29-30;1-2-3/h6-12,27H,5,26H2,1-4H3,(H,28,31,32);2-3H2,1H3/b20-6-;. The number of aromatic nitrogens is 3. The summed E-state index contributed by atoms with van der Waals surface area (Å²) in [5, 5.41) is 7.73. The highest BCUT2D eigenvalue weighted by atomic mass is 35.5. The van der Waals surface area contributed by atoms with E-state index in [9.17, 15) is 9.59 Å². The number of benzene rings is 2. The Balaban J connectivity index is 0.00000145. The van der Waals surface area contributed by atoms with Crippen LogP contribution in [0.2, 0.25) is 10.0 Å². The van der Waals surface area contributed by atoms with Crippen LogP contribution in [0.4, 0.5) is 5.69 Å². The van der Waals surface area contributed by atoms with Crippen LogP contribution in [0.1, 0.15) is 45.4 Å². The lowest BCUT2D eigenvalue weighted by Gasteiger charge is -2.18. The maximum Gasteiger partial charge on any atom is 0.349 e. The summed E-state index contributed by atoms with van der Waals surface area (Å²) in [4.78, 5) is 25.9. The van der Waals surface area contributed by atoms with Gasteiger partial charge in [-0.1, -0.05) is 43.1 Å². The van der Waals surface area contributed by atoms with Gasteiger partial charge in [0.2, 0.25) is 0 Å². The fourth-order valence-electron chi connectivity index (χ4n) is 3.13. The number of H-pyrrole nitrogens is 1. The predicted octanol–water partition coefficient (Wildman–Crippen LogP) is 4.62. The number of halogens is 2. The van der Waals surface area contributed by atoms with Gasteiger partial charge in [-0.25, -0.2) is 4.79 Å². The van der Waals surface area contributed by atoms with Gasteiger partial charge in [-0.05, 0) is 64.1 Å². The molecule has 1 aromatic heterocycles. The number of hydrogen-bond acceptors (Lipinski definition) is 7. The first kappa shape index (κ1) is 29.0. The maximum atomic E-state index is 12.2. The SMILES string of the molecule is CC/C=C(\NC(C)C)c1cc(Oc2c(Cl)cc(-n3nc(C)c(=O)[nH]c3=O)cc2Cl)ccc1N.CCN. The molecule has 0 saturated carbocycles. The molecule has 2 aromatic carbocycles. The lowest BCUT2D eigenvalue weighted by molar-refractivity contribution is 0.483. The Hall–Kier alpha value is -3.27. The number of hydrogen-bond donors (Lipinski definition) is 4. The Labute approximate surface area is 220 Å².